The first-order valence-corrected chi connectivity index (χ1v) is 8.31. The SMILES string of the molecule is CC(=O)Nc1cc(C(F)(F)F)ccc1N1CCN(Cc2ccco2)CC1. The minimum absolute atomic E-state index is 0.187. The molecule has 0 saturated carbocycles. The van der Waals surface area contributed by atoms with Gasteiger partial charge in [-0.15, -0.1) is 0 Å². The average molecular weight is 367 g/mol. The maximum Gasteiger partial charge on any atom is 0.416 e. The number of amides is 1. The van der Waals surface area contributed by atoms with E-state index in [0.717, 1.165) is 31.0 Å². The van der Waals surface area contributed by atoms with E-state index < -0.39 is 17.6 Å². The number of rotatable bonds is 4. The Morgan fingerprint density at radius 1 is 1.19 bits per heavy atom. The van der Waals surface area contributed by atoms with Gasteiger partial charge in [-0.05, 0) is 30.3 Å². The van der Waals surface area contributed by atoms with E-state index in [1.165, 1.54) is 13.0 Å². The topological polar surface area (TPSA) is 48.7 Å². The van der Waals surface area contributed by atoms with Crippen molar-refractivity contribution in [2.75, 3.05) is 36.4 Å². The number of hydrogen-bond acceptors (Lipinski definition) is 4. The van der Waals surface area contributed by atoms with Crippen LogP contribution in [0, 0.1) is 0 Å². The number of piperazine rings is 1. The van der Waals surface area contributed by atoms with Gasteiger partial charge in [-0.3, -0.25) is 9.69 Å². The van der Waals surface area contributed by atoms with Gasteiger partial charge in [-0.25, -0.2) is 0 Å². The number of halogens is 3. The molecule has 1 aromatic heterocycles. The summed E-state index contributed by atoms with van der Waals surface area (Å²) in [7, 11) is 0. The lowest BCUT2D eigenvalue weighted by Crippen LogP contribution is -2.46. The normalized spacial score (nSPS) is 15.9. The molecule has 2 heterocycles. The van der Waals surface area contributed by atoms with Crippen molar-refractivity contribution >= 4 is 17.3 Å². The Hall–Kier alpha value is -2.48. The van der Waals surface area contributed by atoms with E-state index in [-0.39, 0.29) is 5.69 Å². The van der Waals surface area contributed by atoms with E-state index in [2.05, 4.69) is 10.2 Å². The zero-order chi connectivity index (χ0) is 18.7. The van der Waals surface area contributed by atoms with Gasteiger partial charge >= 0.3 is 6.18 Å². The van der Waals surface area contributed by atoms with Gasteiger partial charge in [0.1, 0.15) is 5.76 Å². The maximum atomic E-state index is 13.0. The number of nitrogens with zero attached hydrogens (tertiary/aromatic N) is 2. The van der Waals surface area contributed by atoms with E-state index >= 15 is 0 Å². The predicted molar refractivity (Wildman–Crippen MR) is 91.9 cm³/mol. The van der Waals surface area contributed by atoms with Gasteiger partial charge in [0.25, 0.3) is 0 Å². The van der Waals surface area contributed by atoms with E-state index in [9.17, 15) is 18.0 Å². The van der Waals surface area contributed by atoms with Crippen LogP contribution in [0.25, 0.3) is 0 Å². The van der Waals surface area contributed by atoms with Crippen molar-refractivity contribution in [2.45, 2.75) is 19.6 Å². The molecule has 0 spiro atoms. The average Bonchev–Trinajstić information content (AvgIpc) is 3.07. The lowest BCUT2D eigenvalue weighted by atomic mass is 10.1. The van der Waals surface area contributed by atoms with Crippen molar-refractivity contribution < 1.29 is 22.4 Å². The summed E-state index contributed by atoms with van der Waals surface area (Å²) in [6, 6.07) is 7.22. The zero-order valence-electron chi connectivity index (χ0n) is 14.3. The molecule has 1 aliphatic heterocycles. The second kappa shape index (κ2) is 7.41. The number of carbonyl (C=O) groups is 1. The summed E-state index contributed by atoms with van der Waals surface area (Å²) in [4.78, 5) is 15.6. The van der Waals surface area contributed by atoms with Crippen molar-refractivity contribution in [3.63, 3.8) is 0 Å². The smallest absolute Gasteiger partial charge is 0.416 e. The van der Waals surface area contributed by atoms with Gasteiger partial charge in [0.2, 0.25) is 5.91 Å². The van der Waals surface area contributed by atoms with Crippen molar-refractivity contribution in [3.05, 3.63) is 47.9 Å². The van der Waals surface area contributed by atoms with Gasteiger partial charge in [0.05, 0.1) is 29.7 Å². The van der Waals surface area contributed by atoms with Gasteiger partial charge in [-0.2, -0.15) is 13.2 Å². The zero-order valence-corrected chi connectivity index (χ0v) is 14.3. The van der Waals surface area contributed by atoms with Crippen LogP contribution in [0.4, 0.5) is 24.5 Å². The summed E-state index contributed by atoms with van der Waals surface area (Å²) in [5, 5.41) is 2.52. The molecule has 0 bridgehead atoms. The van der Waals surface area contributed by atoms with Crippen molar-refractivity contribution in [1.82, 2.24) is 4.90 Å². The van der Waals surface area contributed by atoms with Crippen LogP contribution < -0.4 is 10.2 Å². The molecule has 140 valence electrons. The second-order valence-electron chi connectivity index (χ2n) is 6.25. The number of alkyl halides is 3. The summed E-state index contributed by atoms with van der Waals surface area (Å²) in [5.74, 6) is 0.481. The van der Waals surface area contributed by atoms with Crippen molar-refractivity contribution in [1.29, 1.82) is 0 Å². The lowest BCUT2D eigenvalue weighted by molar-refractivity contribution is -0.137. The molecular weight excluding hydrogens is 347 g/mol. The Balaban J connectivity index is 1.73. The molecule has 1 saturated heterocycles. The Morgan fingerprint density at radius 2 is 1.92 bits per heavy atom. The fraction of sp³-hybridized carbons (Fsp3) is 0.389. The standard InChI is InChI=1S/C18H20F3N3O2/c1-13(25)22-16-11-14(18(19,20)21)4-5-17(16)24-8-6-23(7-9-24)12-15-3-2-10-26-15/h2-5,10-11H,6-9,12H2,1H3,(H,22,25). The molecule has 0 aliphatic carbocycles. The summed E-state index contributed by atoms with van der Waals surface area (Å²) in [6.07, 6.45) is -2.82. The monoisotopic (exact) mass is 367 g/mol. The molecule has 26 heavy (non-hydrogen) atoms. The number of furan rings is 1. The molecule has 8 heteroatoms. The molecular formula is C18H20F3N3O2. The highest BCUT2D eigenvalue weighted by atomic mass is 19.4. The number of nitrogens with one attached hydrogen (secondary N) is 1. The van der Waals surface area contributed by atoms with Crippen molar-refractivity contribution in [2.24, 2.45) is 0 Å². The van der Waals surface area contributed by atoms with Crippen LogP contribution in [0.2, 0.25) is 0 Å². The van der Waals surface area contributed by atoms with Crippen molar-refractivity contribution in [3.8, 4) is 0 Å². The van der Waals surface area contributed by atoms with Gasteiger partial charge in [0, 0.05) is 33.1 Å². The third kappa shape index (κ3) is 4.37. The van der Waals surface area contributed by atoms with Gasteiger partial charge < -0.3 is 14.6 Å². The largest absolute Gasteiger partial charge is 0.468 e. The molecule has 1 N–H and O–H groups in total. The Kier molecular flexibility index (Phi) is 5.22. The fourth-order valence-corrected chi connectivity index (χ4v) is 3.05. The van der Waals surface area contributed by atoms with Gasteiger partial charge in [-0.1, -0.05) is 0 Å². The minimum atomic E-state index is -4.45. The minimum Gasteiger partial charge on any atom is -0.468 e. The number of anilines is 2. The summed E-state index contributed by atoms with van der Waals surface area (Å²) < 4.78 is 44.3. The number of benzene rings is 1. The molecule has 1 aromatic carbocycles. The molecule has 2 aromatic rings. The Bertz CT molecular complexity index is 752. The van der Waals surface area contributed by atoms with E-state index in [0.29, 0.717) is 25.3 Å². The molecule has 0 unspecified atom stereocenters. The summed E-state index contributed by atoms with van der Waals surface area (Å²) in [6.45, 7) is 4.79. The highest BCUT2D eigenvalue weighted by Gasteiger charge is 2.32. The van der Waals surface area contributed by atoms with Crippen LogP contribution in [-0.2, 0) is 17.5 Å². The highest BCUT2D eigenvalue weighted by Crippen LogP contribution is 2.35. The quantitative estimate of drug-likeness (QED) is 0.897. The first kappa shape index (κ1) is 18.3. The molecule has 1 fully saturated rings. The first-order valence-electron chi connectivity index (χ1n) is 8.31. The highest BCUT2D eigenvalue weighted by molar-refractivity contribution is 5.93. The number of hydrogen-bond donors (Lipinski definition) is 1. The van der Waals surface area contributed by atoms with E-state index in [1.807, 2.05) is 17.0 Å². The van der Waals surface area contributed by atoms with Crippen LogP contribution in [0.1, 0.15) is 18.2 Å². The van der Waals surface area contributed by atoms with Crippen LogP contribution in [-0.4, -0.2) is 37.0 Å². The second-order valence-corrected chi connectivity index (χ2v) is 6.25. The number of carbonyl (C=O) groups excluding carboxylic acids is 1. The summed E-state index contributed by atoms with van der Waals surface area (Å²) in [5.41, 5.74) is 0.0131. The summed E-state index contributed by atoms with van der Waals surface area (Å²) >= 11 is 0. The molecule has 0 radical (unpaired) electrons. The predicted octanol–water partition coefficient (Wildman–Crippen LogP) is 3.58. The molecule has 1 amide bonds. The molecule has 3 rings (SSSR count). The lowest BCUT2D eigenvalue weighted by Gasteiger charge is -2.36. The van der Waals surface area contributed by atoms with E-state index in [4.69, 9.17) is 4.42 Å². The van der Waals surface area contributed by atoms with Crippen LogP contribution in [0.3, 0.4) is 0 Å². The van der Waals surface area contributed by atoms with E-state index in [1.54, 1.807) is 6.26 Å². The van der Waals surface area contributed by atoms with Crippen LogP contribution in [0.5, 0.6) is 0 Å². The maximum absolute atomic E-state index is 13.0. The molecule has 0 atom stereocenters. The fourth-order valence-electron chi connectivity index (χ4n) is 3.05. The van der Waals surface area contributed by atoms with Gasteiger partial charge in [0.15, 0.2) is 0 Å². The first-order chi connectivity index (χ1) is 12.3. The third-order valence-corrected chi connectivity index (χ3v) is 4.31. The third-order valence-electron chi connectivity index (χ3n) is 4.31. The Labute approximate surface area is 149 Å². The van der Waals surface area contributed by atoms with Crippen LogP contribution in [0.15, 0.2) is 41.0 Å². The Morgan fingerprint density at radius 3 is 2.50 bits per heavy atom. The molecule has 5 nitrogen and oxygen atoms in total. The molecule has 1 aliphatic rings. The van der Waals surface area contributed by atoms with Crippen LogP contribution >= 0.6 is 0 Å².